The second-order valence-corrected chi connectivity index (χ2v) is 6.84. The van der Waals surface area contributed by atoms with Gasteiger partial charge in [0.2, 0.25) is 11.5 Å². The fourth-order valence-corrected chi connectivity index (χ4v) is 3.80. The first-order valence-electron chi connectivity index (χ1n) is 8.78. The van der Waals surface area contributed by atoms with E-state index in [2.05, 4.69) is 9.98 Å². The van der Waals surface area contributed by atoms with Gasteiger partial charge in [0.05, 0.1) is 0 Å². The van der Waals surface area contributed by atoms with Gasteiger partial charge in [-0.05, 0) is 48.0 Å². The van der Waals surface area contributed by atoms with Crippen LogP contribution in [0.25, 0.3) is 11.1 Å². The number of hydrogen-bond donors (Lipinski definition) is 1. The Labute approximate surface area is 164 Å². The fourth-order valence-electron chi connectivity index (χ4n) is 3.80. The van der Waals surface area contributed by atoms with E-state index in [9.17, 15) is 13.6 Å². The summed E-state index contributed by atoms with van der Waals surface area (Å²) in [4.78, 5) is 22.6. The summed E-state index contributed by atoms with van der Waals surface area (Å²) in [7, 11) is 1.49. The number of likely N-dealkylation sites (N-methyl/N-ethyl adjacent to an activating group) is 1. The summed E-state index contributed by atoms with van der Waals surface area (Å²) in [5, 5.41) is 0. The molecule has 3 aromatic rings. The lowest BCUT2D eigenvalue weighted by atomic mass is 9.79. The first-order valence-corrected chi connectivity index (χ1v) is 8.78. The summed E-state index contributed by atoms with van der Waals surface area (Å²) in [6.45, 7) is 0. The first-order chi connectivity index (χ1) is 13.9. The molecule has 2 aliphatic rings. The number of carbonyl (C=O) groups is 1. The van der Waals surface area contributed by atoms with Crippen molar-refractivity contribution in [1.82, 2.24) is 9.88 Å². The number of carbonyl (C=O) groups excluding carboxylic acids is 1. The Kier molecular flexibility index (Phi) is 3.48. The summed E-state index contributed by atoms with van der Waals surface area (Å²) < 4.78 is 34.3. The lowest BCUT2D eigenvalue weighted by molar-refractivity contribution is -0.129. The Morgan fingerprint density at radius 2 is 1.79 bits per heavy atom. The molecular weight excluding hydrogens is 378 g/mol. The van der Waals surface area contributed by atoms with Crippen molar-refractivity contribution in [3.05, 3.63) is 77.6 Å². The molecule has 29 heavy (non-hydrogen) atoms. The number of nitrogens with two attached hydrogens (primary N) is 1. The summed E-state index contributed by atoms with van der Waals surface area (Å²) in [6.07, 6.45) is 1.35. The van der Waals surface area contributed by atoms with Gasteiger partial charge in [0, 0.05) is 29.9 Å². The van der Waals surface area contributed by atoms with Crippen LogP contribution in [0.15, 0.2) is 59.7 Å². The van der Waals surface area contributed by atoms with Crippen molar-refractivity contribution in [1.29, 1.82) is 0 Å². The van der Waals surface area contributed by atoms with E-state index >= 15 is 0 Å². The zero-order chi connectivity index (χ0) is 20.3. The Bertz CT molecular complexity index is 1230. The van der Waals surface area contributed by atoms with Gasteiger partial charge < -0.3 is 10.5 Å². The smallest absolute Gasteiger partial charge is 0.266 e. The fraction of sp³-hybridized carbons (Fsp3) is 0.0952. The van der Waals surface area contributed by atoms with E-state index in [4.69, 9.17) is 10.5 Å². The van der Waals surface area contributed by atoms with Gasteiger partial charge in [-0.3, -0.25) is 9.69 Å². The Morgan fingerprint density at radius 1 is 1.07 bits per heavy atom. The molecule has 2 aliphatic heterocycles. The Morgan fingerprint density at radius 3 is 2.48 bits per heavy atom. The molecule has 1 aromatic heterocycles. The van der Waals surface area contributed by atoms with Crippen molar-refractivity contribution < 1.29 is 18.3 Å². The van der Waals surface area contributed by atoms with Gasteiger partial charge in [0.25, 0.3) is 5.91 Å². The number of aromatic nitrogens is 1. The lowest BCUT2D eigenvalue weighted by Crippen LogP contribution is -2.42. The normalized spacial score (nSPS) is 19.6. The second-order valence-electron chi connectivity index (χ2n) is 6.84. The van der Waals surface area contributed by atoms with Crippen LogP contribution in [-0.2, 0) is 10.3 Å². The Balaban J connectivity index is 1.82. The van der Waals surface area contributed by atoms with Gasteiger partial charge in [-0.25, -0.2) is 14.4 Å². The molecule has 2 N–H and O–H groups in total. The topological polar surface area (TPSA) is 80.8 Å². The van der Waals surface area contributed by atoms with E-state index in [1.165, 1.54) is 36.3 Å². The van der Waals surface area contributed by atoms with E-state index in [0.29, 0.717) is 22.6 Å². The van der Waals surface area contributed by atoms with Crippen molar-refractivity contribution >= 4 is 11.9 Å². The maximum absolute atomic E-state index is 14.3. The number of ether oxygens (including phenoxy) is 1. The predicted molar refractivity (Wildman–Crippen MR) is 101 cm³/mol. The molecule has 8 heteroatoms. The lowest BCUT2D eigenvalue weighted by Gasteiger charge is -2.33. The minimum atomic E-state index is -1.61. The van der Waals surface area contributed by atoms with Crippen molar-refractivity contribution in [2.75, 3.05) is 7.05 Å². The number of halogens is 2. The molecule has 1 spiro atoms. The molecular formula is C21H14F2N4O2. The third-order valence-electron chi connectivity index (χ3n) is 5.23. The Hall–Kier alpha value is -3.81. The van der Waals surface area contributed by atoms with Crippen molar-refractivity contribution in [2.45, 2.75) is 5.54 Å². The van der Waals surface area contributed by atoms with Gasteiger partial charge in [-0.1, -0.05) is 6.07 Å². The molecule has 0 saturated carbocycles. The van der Waals surface area contributed by atoms with E-state index in [-0.39, 0.29) is 17.1 Å². The summed E-state index contributed by atoms with van der Waals surface area (Å²) in [5.74, 6) is -0.980. The van der Waals surface area contributed by atoms with E-state index < -0.39 is 23.2 Å². The van der Waals surface area contributed by atoms with Crippen LogP contribution in [0.4, 0.5) is 8.78 Å². The highest BCUT2D eigenvalue weighted by molar-refractivity contribution is 6.10. The molecule has 0 saturated heterocycles. The summed E-state index contributed by atoms with van der Waals surface area (Å²) in [5.41, 5.74) is 5.67. The third-order valence-corrected chi connectivity index (χ3v) is 5.23. The van der Waals surface area contributed by atoms with Gasteiger partial charge in [0.1, 0.15) is 17.3 Å². The molecule has 3 heterocycles. The summed E-state index contributed by atoms with van der Waals surface area (Å²) in [6, 6.07) is 12.0. The highest BCUT2D eigenvalue weighted by Crippen LogP contribution is 2.52. The second kappa shape index (κ2) is 5.84. The van der Waals surface area contributed by atoms with Gasteiger partial charge in [0.15, 0.2) is 5.96 Å². The number of aliphatic imine (C=N–C) groups is 1. The number of benzene rings is 2. The molecule has 6 nitrogen and oxygen atoms in total. The van der Waals surface area contributed by atoms with Crippen LogP contribution < -0.4 is 10.5 Å². The van der Waals surface area contributed by atoms with Crippen LogP contribution in [0, 0.1) is 11.8 Å². The van der Waals surface area contributed by atoms with Crippen molar-refractivity contribution in [3.8, 4) is 22.6 Å². The molecule has 144 valence electrons. The van der Waals surface area contributed by atoms with Crippen LogP contribution in [-0.4, -0.2) is 28.8 Å². The molecule has 1 unspecified atom stereocenters. The predicted octanol–water partition coefficient (Wildman–Crippen LogP) is 3.16. The van der Waals surface area contributed by atoms with Crippen LogP contribution in [0.5, 0.6) is 11.5 Å². The molecule has 0 radical (unpaired) electrons. The average molecular weight is 392 g/mol. The first kappa shape index (κ1) is 17.3. The molecule has 0 bridgehead atoms. The highest BCUT2D eigenvalue weighted by Gasteiger charge is 2.54. The van der Waals surface area contributed by atoms with Crippen LogP contribution >= 0.6 is 0 Å². The maximum Gasteiger partial charge on any atom is 0.266 e. The highest BCUT2D eigenvalue weighted by atomic mass is 19.1. The van der Waals surface area contributed by atoms with Gasteiger partial charge in [-0.2, -0.15) is 4.39 Å². The van der Waals surface area contributed by atoms with E-state index in [1.54, 1.807) is 30.3 Å². The van der Waals surface area contributed by atoms with Crippen LogP contribution in [0.3, 0.4) is 0 Å². The van der Waals surface area contributed by atoms with E-state index in [0.717, 1.165) is 0 Å². The third kappa shape index (κ3) is 2.29. The molecule has 1 amide bonds. The number of amides is 1. The number of rotatable bonds is 1. The van der Waals surface area contributed by atoms with Crippen molar-refractivity contribution in [2.24, 2.45) is 10.7 Å². The number of guanidine groups is 1. The SMILES string of the molecule is CN1C(=O)C2(N=C1N)c1cc(F)ccc1Oc1ccc(-c3cccnc3F)cc12. The largest absolute Gasteiger partial charge is 0.457 e. The minimum absolute atomic E-state index is 0.00368. The quantitative estimate of drug-likeness (QED) is 0.645. The molecule has 0 aliphatic carbocycles. The van der Waals surface area contributed by atoms with Gasteiger partial charge in [-0.15, -0.1) is 0 Å². The maximum atomic E-state index is 14.3. The minimum Gasteiger partial charge on any atom is -0.457 e. The monoisotopic (exact) mass is 392 g/mol. The molecule has 5 rings (SSSR count). The van der Waals surface area contributed by atoms with Gasteiger partial charge >= 0.3 is 0 Å². The zero-order valence-corrected chi connectivity index (χ0v) is 15.2. The number of hydrogen-bond acceptors (Lipinski definition) is 5. The average Bonchev–Trinajstić information content (AvgIpc) is 2.94. The molecule has 1 atom stereocenters. The summed E-state index contributed by atoms with van der Waals surface area (Å²) >= 11 is 0. The zero-order valence-electron chi connectivity index (χ0n) is 15.2. The number of nitrogens with zero attached hydrogens (tertiary/aromatic N) is 3. The molecule has 2 aromatic carbocycles. The van der Waals surface area contributed by atoms with Crippen molar-refractivity contribution in [3.63, 3.8) is 0 Å². The number of fused-ring (bicyclic) bond motifs is 4. The number of pyridine rings is 1. The van der Waals surface area contributed by atoms with Crippen LogP contribution in [0.2, 0.25) is 0 Å². The molecule has 0 fully saturated rings. The van der Waals surface area contributed by atoms with Crippen LogP contribution in [0.1, 0.15) is 11.1 Å². The standard InChI is InChI=1S/C21H14F2N4O2/c1-27-19(28)21(26-20(27)24)14-9-11(13-3-2-8-25-18(13)23)4-6-16(14)29-17-7-5-12(22)10-15(17)21/h2-10H,1H3,(H2,24,26). The van der Waals surface area contributed by atoms with E-state index in [1.807, 2.05) is 0 Å².